The highest BCUT2D eigenvalue weighted by atomic mass is 32.2. The molecule has 0 aromatic heterocycles. The van der Waals surface area contributed by atoms with Gasteiger partial charge in [0.1, 0.15) is 5.82 Å². The van der Waals surface area contributed by atoms with E-state index in [0.29, 0.717) is 5.25 Å². The molecular formula is C14H21FN2O2S2. The lowest BCUT2D eigenvalue weighted by Gasteiger charge is -2.28. The standard InChI is InChI=1S/C14H21FN2O2S2/c1-9-13(15)7-10(16)8-14(9)21(18,19)17-11-3-5-12(20-2)6-4-11/h7-8,11-12,17H,3-6,16H2,1-2H3. The summed E-state index contributed by atoms with van der Waals surface area (Å²) in [7, 11) is -3.74. The smallest absolute Gasteiger partial charge is 0.241 e. The number of halogens is 1. The van der Waals surface area contributed by atoms with Gasteiger partial charge in [0.2, 0.25) is 10.0 Å². The van der Waals surface area contributed by atoms with E-state index in [1.165, 1.54) is 13.0 Å². The van der Waals surface area contributed by atoms with Gasteiger partial charge in [0, 0.05) is 22.5 Å². The molecule has 0 amide bonds. The molecule has 1 aromatic rings. The highest BCUT2D eigenvalue weighted by Gasteiger charge is 2.27. The second-order valence-corrected chi connectivity index (χ2v) is 8.28. The number of hydrogen-bond acceptors (Lipinski definition) is 4. The van der Waals surface area contributed by atoms with Gasteiger partial charge in [-0.15, -0.1) is 0 Å². The summed E-state index contributed by atoms with van der Waals surface area (Å²) in [5, 5.41) is 0.609. The summed E-state index contributed by atoms with van der Waals surface area (Å²) in [6.07, 6.45) is 5.70. The zero-order valence-electron chi connectivity index (χ0n) is 12.2. The highest BCUT2D eigenvalue weighted by molar-refractivity contribution is 7.99. The zero-order valence-corrected chi connectivity index (χ0v) is 13.9. The molecule has 2 rings (SSSR count). The molecule has 118 valence electrons. The topological polar surface area (TPSA) is 72.2 Å². The molecule has 0 atom stereocenters. The van der Waals surface area contributed by atoms with Crippen LogP contribution in [0.2, 0.25) is 0 Å². The molecule has 21 heavy (non-hydrogen) atoms. The van der Waals surface area contributed by atoms with E-state index in [1.807, 2.05) is 11.8 Å². The monoisotopic (exact) mass is 332 g/mol. The Balaban J connectivity index is 2.16. The van der Waals surface area contributed by atoms with Gasteiger partial charge in [-0.2, -0.15) is 11.8 Å². The average molecular weight is 332 g/mol. The van der Waals surface area contributed by atoms with Gasteiger partial charge in [-0.3, -0.25) is 0 Å². The van der Waals surface area contributed by atoms with Crippen molar-refractivity contribution < 1.29 is 12.8 Å². The molecule has 0 aliphatic heterocycles. The first-order valence-corrected chi connectivity index (χ1v) is 9.71. The maximum Gasteiger partial charge on any atom is 0.241 e. The Hall–Kier alpha value is -0.790. The Labute approximate surface area is 129 Å². The van der Waals surface area contributed by atoms with Gasteiger partial charge in [0.05, 0.1) is 4.90 Å². The Kier molecular flexibility index (Phi) is 5.16. The number of hydrogen-bond donors (Lipinski definition) is 2. The SMILES string of the molecule is CSC1CCC(NS(=O)(=O)c2cc(N)cc(F)c2C)CC1. The van der Waals surface area contributed by atoms with E-state index in [9.17, 15) is 12.8 Å². The van der Waals surface area contributed by atoms with Crippen LogP contribution in [0.4, 0.5) is 10.1 Å². The lowest BCUT2D eigenvalue weighted by Crippen LogP contribution is -2.38. The summed E-state index contributed by atoms with van der Waals surface area (Å²) in [4.78, 5) is -0.0630. The summed E-state index contributed by atoms with van der Waals surface area (Å²) in [5.41, 5.74) is 5.78. The van der Waals surface area contributed by atoms with Crippen molar-refractivity contribution in [2.45, 2.75) is 48.8 Å². The minimum absolute atomic E-state index is 0.0630. The number of sulfonamides is 1. The van der Waals surface area contributed by atoms with Crippen LogP contribution in [0.3, 0.4) is 0 Å². The van der Waals surface area contributed by atoms with E-state index in [1.54, 1.807) is 0 Å². The number of benzene rings is 1. The van der Waals surface area contributed by atoms with Crippen LogP contribution < -0.4 is 10.5 Å². The van der Waals surface area contributed by atoms with Crippen LogP contribution in [0.5, 0.6) is 0 Å². The van der Waals surface area contributed by atoms with E-state index in [0.717, 1.165) is 31.7 Å². The van der Waals surface area contributed by atoms with Gasteiger partial charge >= 0.3 is 0 Å². The normalized spacial score (nSPS) is 23.2. The van der Waals surface area contributed by atoms with Crippen molar-refractivity contribution in [3.63, 3.8) is 0 Å². The molecule has 4 nitrogen and oxygen atoms in total. The van der Waals surface area contributed by atoms with Crippen molar-refractivity contribution in [3.8, 4) is 0 Å². The number of nitrogens with one attached hydrogen (secondary N) is 1. The summed E-state index contributed by atoms with van der Waals surface area (Å²) in [6.45, 7) is 1.45. The van der Waals surface area contributed by atoms with Gasteiger partial charge in [-0.05, 0) is 51.0 Å². The molecule has 0 bridgehead atoms. The molecule has 0 spiro atoms. The third-order valence-corrected chi connectivity index (χ3v) is 6.72. The first kappa shape index (κ1) is 16.6. The summed E-state index contributed by atoms with van der Waals surface area (Å²) >= 11 is 1.83. The predicted molar refractivity (Wildman–Crippen MR) is 85.4 cm³/mol. The predicted octanol–water partition coefficient (Wildman–Crippen LogP) is 2.67. The number of anilines is 1. The van der Waals surface area contributed by atoms with Crippen LogP contribution in [0.15, 0.2) is 17.0 Å². The first-order chi connectivity index (χ1) is 9.83. The third-order valence-electron chi connectivity index (χ3n) is 3.94. The van der Waals surface area contributed by atoms with Gasteiger partial charge < -0.3 is 5.73 Å². The molecule has 3 N–H and O–H groups in total. The Morgan fingerprint density at radius 2 is 1.90 bits per heavy atom. The quantitative estimate of drug-likeness (QED) is 0.832. The van der Waals surface area contributed by atoms with Crippen molar-refractivity contribution in [3.05, 3.63) is 23.5 Å². The van der Waals surface area contributed by atoms with Gasteiger partial charge in [-0.1, -0.05) is 0 Å². The molecule has 1 saturated carbocycles. The minimum Gasteiger partial charge on any atom is -0.399 e. The van der Waals surface area contributed by atoms with Crippen molar-refractivity contribution in [1.29, 1.82) is 0 Å². The van der Waals surface area contributed by atoms with Crippen LogP contribution in [-0.4, -0.2) is 26.0 Å². The number of thioether (sulfide) groups is 1. The second-order valence-electron chi connectivity index (χ2n) is 5.46. The zero-order chi connectivity index (χ0) is 15.6. The number of rotatable bonds is 4. The highest BCUT2D eigenvalue weighted by Crippen LogP contribution is 2.28. The van der Waals surface area contributed by atoms with E-state index < -0.39 is 15.8 Å². The average Bonchev–Trinajstić information content (AvgIpc) is 2.43. The molecule has 1 fully saturated rings. The fourth-order valence-corrected chi connectivity index (χ4v) is 4.99. The van der Waals surface area contributed by atoms with Crippen LogP contribution in [0, 0.1) is 12.7 Å². The number of nitrogens with two attached hydrogens (primary N) is 1. The molecular weight excluding hydrogens is 311 g/mol. The fourth-order valence-electron chi connectivity index (χ4n) is 2.65. The summed E-state index contributed by atoms with van der Waals surface area (Å²) < 4.78 is 41.2. The van der Waals surface area contributed by atoms with E-state index >= 15 is 0 Å². The van der Waals surface area contributed by atoms with Crippen LogP contribution in [0.25, 0.3) is 0 Å². The first-order valence-electron chi connectivity index (χ1n) is 6.94. The van der Waals surface area contributed by atoms with Crippen LogP contribution in [-0.2, 0) is 10.0 Å². The van der Waals surface area contributed by atoms with Gasteiger partial charge in [0.25, 0.3) is 0 Å². The fraction of sp³-hybridized carbons (Fsp3) is 0.571. The largest absolute Gasteiger partial charge is 0.399 e. The lowest BCUT2D eigenvalue weighted by atomic mass is 9.96. The molecule has 1 aliphatic carbocycles. The lowest BCUT2D eigenvalue weighted by molar-refractivity contribution is 0.419. The van der Waals surface area contributed by atoms with Gasteiger partial charge in [-0.25, -0.2) is 17.5 Å². The van der Waals surface area contributed by atoms with Gasteiger partial charge in [0.15, 0.2) is 0 Å². The maximum absolute atomic E-state index is 13.7. The molecule has 0 saturated heterocycles. The molecule has 0 unspecified atom stereocenters. The minimum atomic E-state index is -3.74. The van der Waals surface area contributed by atoms with Crippen molar-refractivity contribution in [2.24, 2.45) is 0 Å². The Morgan fingerprint density at radius 1 is 1.29 bits per heavy atom. The maximum atomic E-state index is 13.7. The Morgan fingerprint density at radius 3 is 2.48 bits per heavy atom. The number of nitrogen functional groups attached to an aromatic ring is 1. The van der Waals surface area contributed by atoms with Crippen LogP contribution >= 0.6 is 11.8 Å². The molecule has 7 heteroatoms. The summed E-state index contributed by atoms with van der Waals surface area (Å²) in [5.74, 6) is -0.596. The van der Waals surface area contributed by atoms with E-state index in [2.05, 4.69) is 11.0 Å². The van der Waals surface area contributed by atoms with Crippen molar-refractivity contribution >= 4 is 27.5 Å². The Bertz CT molecular complexity index is 612. The third kappa shape index (κ3) is 3.90. The molecule has 0 heterocycles. The van der Waals surface area contributed by atoms with E-state index in [-0.39, 0.29) is 22.2 Å². The van der Waals surface area contributed by atoms with Crippen molar-refractivity contribution in [2.75, 3.05) is 12.0 Å². The molecule has 1 aliphatic rings. The van der Waals surface area contributed by atoms with Crippen molar-refractivity contribution in [1.82, 2.24) is 4.72 Å². The van der Waals surface area contributed by atoms with Crippen LogP contribution in [0.1, 0.15) is 31.2 Å². The molecule has 1 aromatic carbocycles. The van der Waals surface area contributed by atoms with E-state index in [4.69, 9.17) is 5.73 Å². The molecule has 0 radical (unpaired) electrons. The second kappa shape index (κ2) is 6.54. The summed E-state index contributed by atoms with van der Waals surface area (Å²) in [6, 6.07) is 2.37.